The molecule has 0 fully saturated rings. The zero-order valence-corrected chi connectivity index (χ0v) is 17.4. The zero-order chi connectivity index (χ0) is 18.3. The summed E-state index contributed by atoms with van der Waals surface area (Å²) in [6.07, 6.45) is 12.3. The number of allylic oxidation sites excluding steroid dienone is 2. The zero-order valence-electron chi connectivity index (χ0n) is 17.4. The molecule has 1 rings (SSSR count). The van der Waals surface area contributed by atoms with Crippen molar-refractivity contribution in [3.05, 3.63) is 23.8 Å². The molecule has 0 aromatic carbocycles. The van der Waals surface area contributed by atoms with Crippen molar-refractivity contribution in [2.24, 2.45) is 23.7 Å². The first-order chi connectivity index (χ1) is 11.4. The average molecular weight is 333 g/mol. The summed E-state index contributed by atoms with van der Waals surface area (Å²) >= 11 is 0. The minimum absolute atomic E-state index is 0.572. The van der Waals surface area contributed by atoms with Crippen molar-refractivity contribution >= 4 is 6.21 Å². The van der Waals surface area contributed by atoms with E-state index in [2.05, 4.69) is 72.0 Å². The van der Waals surface area contributed by atoms with Crippen molar-refractivity contribution in [1.29, 1.82) is 0 Å². The van der Waals surface area contributed by atoms with Crippen molar-refractivity contribution < 1.29 is 4.58 Å². The first kappa shape index (κ1) is 21.2. The highest BCUT2D eigenvalue weighted by Crippen LogP contribution is 2.40. The normalized spacial score (nSPS) is 27.5. The van der Waals surface area contributed by atoms with Gasteiger partial charge in [-0.15, -0.1) is 0 Å². The van der Waals surface area contributed by atoms with E-state index in [9.17, 15) is 0 Å². The van der Waals surface area contributed by atoms with E-state index in [4.69, 9.17) is 0 Å². The second kappa shape index (κ2) is 10.2. The third-order valence-corrected chi connectivity index (χ3v) is 6.28. The number of hydrogen-bond donors (Lipinski definition) is 0. The molecular formula is C23H42N+. The smallest absolute Gasteiger partial charge is 0.158 e. The van der Waals surface area contributed by atoms with Crippen LogP contribution in [0.1, 0.15) is 80.1 Å². The maximum absolute atomic E-state index is 4.59. The Bertz CT molecular complexity index is 457. The summed E-state index contributed by atoms with van der Waals surface area (Å²) in [4.78, 5) is 0. The van der Waals surface area contributed by atoms with Crippen LogP contribution in [0.2, 0.25) is 0 Å². The summed E-state index contributed by atoms with van der Waals surface area (Å²) in [7, 11) is 2.27. The molecule has 5 unspecified atom stereocenters. The van der Waals surface area contributed by atoms with E-state index in [0.29, 0.717) is 23.8 Å². The lowest BCUT2D eigenvalue weighted by Crippen LogP contribution is -2.37. The molecule has 1 heteroatoms. The lowest BCUT2D eigenvalue weighted by Gasteiger charge is -2.36. The first-order valence-electron chi connectivity index (χ1n) is 10.3. The molecule has 24 heavy (non-hydrogen) atoms. The average Bonchev–Trinajstić information content (AvgIpc) is 2.58. The first-order valence-corrected chi connectivity index (χ1v) is 10.3. The number of nitrogens with zero attached hydrogens (tertiary/aromatic N) is 1. The van der Waals surface area contributed by atoms with Crippen LogP contribution < -0.4 is 0 Å². The summed E-state index contributed by atoms with van der Waals surface area (Å²) in [6, 6.07) is 0.613. The summed E-state index contributed by atoms with van der Waals surface area (Å²) in [5.41, 5.74) is 3.10. The second-order valence-corrected chi connectivity index (χ2v) is 8.08. The van der Waals surface area contributed by atoms with Gasteiger partial charge < -0.3 is 0 Å². The van der Waals surface area contributed by atoms with Crippen LogP contribution in [-0.2, 0) is 0 Å². The van der Waals surface area contributed by atoms with Crippen LogP contribution in [0.4, 0.5) is 0 Å². The summed E-state index contributed by atoms with van der Waals surface area (Å²) < 4.78 is 2.48. The molecule has 0 amide bonds. The molecule has 0 saturated carbocycles. The van der Waals surface area contributed by atoms with Crippen LogP contribution in [0.25, 0.3) is 0 Å². The van der Waals surface area contributed by atoms with E-state index < -0.39 is 0 Å². The Balaban J connectivity index is 2.99. The highest BCUT2D eigenvalue weighted by Gasteiger charge is 2.36. The van der Waals surface area contributed by atoms with Gasteiger partial charge in [0.2, 0.25) is 0 Å². The van der Waals surface area contributed by atoms with Crippen LogP contribution >= 0.6 is 0 Å². The third kappa shape index (κ3) is 5.33. The summed E-state index contributed by atoms with van der Waals surface area (Å²) in [5.74, 6) is 2.56. The van der Waals surface area contributed by atoms with Crippen molar-refractivity contribution in [3.63, 3.8) is 0 Å². The van der Waals surface area contributed by atoms with E-state index in [0.717, 1.165) is 12.3 Å². The van der Waals surface area contributed by atoms with Crippen LogP contribution in [0.5, 0.6) is 0 Å². The van der Waals surface area contributed by atoms with Gasteiger partial charge in [0.1, 0.15) is 13.3 Å². The third-order valence-electron chi connectivity index (χ3n) is 6.28. The molecular weight excluding hydrogens is 290 g/mol. The van der Waals surface area contributed by atoms with Gasteiger partial charge in [0.25, 0.3) is 0 Å². The van der Waals surface area contributed by atoms with Gasteiger partial charge in [-0.3, -0.25) is 0 Å². The molecule has 0 heterocycles. The highest BCUT2D eigenvalue weighted by molar-refractivity contribution is 5.51. The molecule has 138 valence electrons. The molecule has 0 bridgehead atoms. The van der Waals surface area contributed by atoms with Crippen LogP contribution in [0, 0.1) is 23.7 Å². The maximum Gasteiger partial charge on any atom is 0.158 e. The molecule has 0 radical (unpaired) electrons. The predicted molar refractivity (Wildman–Crippen MR) is 109 cm³/mol. The van der Waals surface area contributed by atoms with Crippen LogP contribution in [-0.4, -0.2) is 23.9 Å². The molecule has 0 aromatic rings. The van der Waals surface area contributed by atoms with E-state index in [1.165, 1.54) is 37.7 Å². The van der Waals surface area contributed by atoms with Crippen molar-refractivity contribution in [3.8, 4) is 0 Å². The minimum atomic E-state index is 0.572. The topological polar surface area (TPSA) is 3.01 Å². The fraction of sp³-hybridized carbons (Fsp3) is 0.783. The van der Waals surface area contributed by atoms with Crippen molar-refractivity contribution in [2.75, 3.05) is 7.05 Å². The van der Waals surface area contributed by atoms with Gasteiger partial charge in [-0.1, -0.05) is 78.2 Å². The molecule has 0 aromatic heterocycles. The Morgan fingerprint density at radius 3 is 2.50 bits per heavy atom. The second-order valence-electron chi connectivity index (χ2n) is 8.08. The monoisotopic (exact) mass is 332 g/mol. The molecule has 0 spiro atoms. The fourth-order valence-corrected chi connectivity index (χ4v) is 4.32. The SMILES string of the molecule is C=C(C1CC([N+](C)=CCCC)C(C)C=C1CC)C(C)C(C)CCC. The Hall–Kier alpha value is -0.850. The lowest BCUT2D eigenvalue weighted by atomic mass is 9.70. The molecule has 0 aliphatic heterocycles. The standard InChI is InChI=1S/C23H42N/c1-9-12-14-24(8)23-16-22(21(11-3)15-18(23)5)20(7)19(6)17(4)13-10-2/h14-15,17-19,22-23H,7,9-13,16H2,1-6,8H3/q+1. The van der Waals surface area contributed by atoms with Gasteiger partial charge in [-0.05, 0) is 24.7 Å². The van der Waals surface area contributed by atoms with Gasteiger partial charge in [-0.2, -0.15) is 0 Å². The molecule has 5 atom stereocenters. The Kier molecular flexibility index (Phi) is 9.02. The lowest BCUT2D eigenvalue weighted by molar-refractivity contribution is -0.544. The highest BCUT2D eigenvalue weighted by atomic mass is 15.0. The number of hydrogen-bond acceptors (Lipinski definition) is 0. The van der Waals surface area contributed by atoms with E-state index in [-0.39, 0.29) is 0 Å². The number of unbranched alkanes of at least 4 members (excludes halogenated alkanes) is 1. The van der Waals surface area contributed by atoms with Crippen LogP contribution in [0.3, 0.4) is 0 Å². The largest absolute Gasteiger partial charge is 0.239 e. The Morgan fingerprint density at radius 2 is 1.96 bits per heavy atom. The molecule has 0 N–H and O–H groups in total. The quantitative estimate of drug-likeness (QED) is 0.258. The van der Waals surface area contributed by atoms with E-state index >= 15 is 0 Å². The summed E-state index contributed by atoms with van der Waals surface area (Å²) in [5, 5.41) is 0. The Labute approximate surface area is 151 Å². The van der Waals surface area contributed by atoms with Gasteiger partial charge in [0.15, 0.2) is 6.04 Å². The minimum Gasteiger partial charge on any atom is -0.239 e. The van der Waals surface area contributed by atoms with Gasteiger partial charge >= 0.3 is 0 Å². The Morgan fingerprint density at radius 1 is 1.29 bits per heavy atom. The molecule has 1 aliphatic rings. The van der Waals surface area contributed by atoms with Gasteiger partial charge in [0, 0.05) is 24.7 Å². The predicted octanol–water partition coefficient (Wildman–Crippen LogP) is 6.49. The van der Waals surface area contributed by atoms with Gasteiger partial charge in [0.05, 0.1) is 0 Å². The van der Waals surface area contributed by atoms with Crippen molar-refractivity contribution in [1.82, 2.24) is 0 Å². The van der Waals surface area contributed by atoms with Crippen LogP contribution in [0.15, 0.2) is 23.8 Å². The van der Waals surface area contributed by atoms with E-state index in [1.54, 1.807) is 5.57 Å². The molecule has 1 aliphatic carbocycles. The van der Waals surface area contributed by atoms with Crippen molar-refractivity contribution in [2.45, 2.75) is 86.1 Å². The van der Waals surface area contributed by atoms with E-state index in [1.807, 2.05) is 0 Å². The summed E-state index contributed by atoms with van der Waals surface area (Å²) in [6.45, 7) is 18.6. The van der Waals surface area contributed by atoms with Gasteiger partial charge in [-0.25, -0.2) is 4.58 Å². The molecule has 1 nitrogen and oxygen atoms in total. The number of rotatable bonds is 9. The maximum atomic E-state index is 4.59. The molecule has 0 saturated heterocycles. The fourth-order valence-electron chi connectivity index (χ4n) is 4.32.